The maximum absolute atomic E-state index is 12.0. The van der Waals surface area contributed by atoms with Crippen LogP contribution in [0, 0.1) is 6.92 Å². The minimum atomic E-state index is -0.268. The molecule has 0 saturated carbocycles. The van der Waals surface area contributed by atoms with Crippen LogP contribution in [0.3, 0.4) is 0 Å². The number of ether oxygens (including phenoxy) is 1. The van der Waals surface area contributed by atoms with Crippen LogP contribution in [-0.2, 0) is 0 Å². The fraction of sp³-hybridized carbons (Fsp3) is 0.286. The number of hydrogen-bond acceptors (Lipinski definition) is 4. The van der Waals surface area contributed by atoms with E-state index in [0.717, 1.165) is 11.3 Å². The maximum atomic E-state index is 12.0. The summed E-state index contributed by atoms with van der Waals surface area (Å²) in [5.41, 5.74) is 1.19. The topological polar surface area (TPSA) is 64.4 Å². The van der Waals surface area contributed by atoms with Gasteiger partial charge in [0.15, 0.2) is 11.6 Å². The first kappa shape index (κ1) is 13.1. The zero-order chi connectivity index (χ0) is 13.8. The molecular formula is C14H16N2O3. The van der Waals surface area contributed by atoms with Gasteiger partial charge in [-0.1, -0.05) is 18.2 Å². The number of hydrogen-bond donors (Lipinski definition) is 1. The number of carbonyl (C=O) groups excluding carboxylic acids is 1. The molecule has 2 rings (SSSR count). The first-order valence-electron chi connectivity index (χ1n) is 5.97. The Morgan fingerprint density at radius 1 is 1.42 bits per heavy atom. The third kappa shape index (κ3) is 2.93. The van der Waals surface area contributed by atoms with Crippen LogP contribution in [0.15, 0.2) is 34.9 Å². The van der Waals surface area contributed by atoms with Gasteiger partial charge in [-0.2, -0.15) is 0 Å². The van der Waals surface area contributed by atoms with Crippen LogP contribution in [-0.4, -0.2) is 18.0 Å². The van der Waals surface area contributed by atoms with Gasteiger partial charge in [0.2, 0.25) is 0 Å². The molecule has 0 spiro atoms. The molecule has 1 unspecified atom stereocenters. The first-order valence-corrected chi connectivity index (χ1v) is 5.97. The molecule has 0 saturated heterocycles. The van der Waals surface area contributed by atoms with Crippen molar-refractivity contribution < 1.29 is 13.9 Å². The second-order valence-electron chi connectivity index (χ2n) is 4.19. The predicted molar refractivity (Wildman–Crippen MR) is 70.1 cm³/mol. The number of oxazole rings is 1. The molecule has 0 bridgehead atoms. The fourth-order valence-electron chi connectivity index (χ4n) is 1.84. The normalized spacial score (nSPS) is 11.9. The second-order valence-corrected chi connectivity index (χ2v) is 4.19. The molecule has 5 heteroatoms. The Kier molecular flexibility index (Phi) is 3.85. The van der Waals surface area contributed by atoms with Gasteiger partial charge in [-0.3, -0.25) is 4.79 Å². The van der Waals surface area contributed by atoms with E-state index in [9.17, 15) is 4.79 Å². The summed E-state index contributed by atoms with van der Waals surface area (Å²) in [7, 11) is 1.61. The molecule has 0 aliphatic rings. The molecule has 1 aromatic heterocycles. The molecule has 5 nitrogen and oxygen atoms in total. The summed E-state index contributed by atoms with van der Waals surface area (Å²) in [6, 6.07) is 7.38. The van der Waals surface area contributed by atoms with Gasteiger partial charge in [0, 0.05) is 12.5 Å². The highest BCUT2D eigenvalue weighted by atomic mass is 16.5. The van der Waals surface area contributed by atoms with Gasteiger partial charge >= 0.3 is 0 Å². The maximum Gasteiger partial charge on any atom is 0.273 e. The Morgan fingerprint density at radius 3 is 2.79 bits per heavy atom. The number of amides is 1. The molecule has 0 aliphatic carbocycles. The summed E-state index contributed by atoms with van der Waals surface area (Å²) in [5, 5.41) is 2.86. The highest BCUT2D eigenvalue weighted by Gasteiger charge is 2.16. The van der Waals surface area contributed by atoms with Crippen molar-refractivity contribution in [2.75, 3.05) is 7.11 Å². The highest BCUT2D eigenvalue weighted by Crippen LogP contribution is 2.24. The minimum Gasteiger partial charge on any atom is -0.496 e. The summed E-state index contributed by atoms with van der Waals surface area (Å²) < 4.78 is 10.3. The number of benzene rings is 1. The summed E-state index contributed by atoms with van der Waals surface area (Å²) in [5.74, 6) is 0.942. The smallest absolute Gasteiger partial charge is 0.273 e. The van der Waals surface area contributed by atoms with Gasteiger partial charge in [-0.25, -0.2) is 4.98 Å². The van der Waals surface area contributed by atoms with Crippen LogP contribution in [0.1, 0.15) is 34.9 Å². The SMILES string of the molecule is COc1ccccc1C(C)NC(=O)c1coc(C)n1. The third-order valence-electron chi connectivity index (χ3n) is 2.80. The summed E-state index contributed by atoms with van der Waals surface area (Å²) in [6.45, 7) is 3.59. The van der Waals surface area contributed by atoms with E-state index >= 15 is 0 Å². The summed E-state index contributed by atoms with van der Waals surface area (Å²) in [4.78, 5) is 16.0. The van der Waals surface area contributed by atoms with Crippen LogP contribution in [0.5, 0.6) is 5.75 Å². The van der Waals surface area contributed by atoms with E-state index in [2.05, 4.69) is 10.3 Å². The van der Waals surface area contributed by atoms with E-state index in [1.54, 1.807) is 14.0 Å². The molecule has 1 aromatic carbocycles. The molecule has 0 fully saturated rings. The van der Waals surface area contributed by atoms with Crippen molar-refractivity contribution in [1.29, 1.82) is 0 Å². The lowest BCUT2D eigenvalue weighted by Crippen LogP contribution is -2.27. The van der Waals surface area contributed by atoms with E-state index in [-0.39, 0.29) is 17.6 Å². The van der Waals surface area contributed by atoms with E-state index in [0.29, 0.717) is 5.89 Å². The van der Waals surface area contributed by atoms with Crippen molar-refractivity contribution in [3.8, 4) is 5.75 Å². The average molecular weight is 260 g/mol. The fourth-order valence-corrected chi connectivity index (χ4v) is 1.84. The summed E-state index contributed by atoms with van der Waals surface area (Å²) >= 11 is 0. The molecule has 1 atom stereocenters. The van der Waals surface area contributed by atoms with Crippen LogP contribution >= 0.6 is 0 Å². The van der Waals surface area contributed by atoms with Crippen LogP contribution < -0.4 is 10.1 Å². The van der Waals surface area contributed by atoms with Gasteiger partial charge < -0.3 is 14.5 Å². The number of methoxy groups -OCH3 is 1. The molecule has 1 heterocycles. The van der Waals surface area contributed by atoms with Crippen molar-refractivity contribution >= 4 is 5.91 Å². The van der Waals surface area contributed by atoms with Crippen LogP contribution in [0.2, 0.25) is 0 Å². The van der Waals surface area contributed by atoms with Crippen molar-refractivity contribution in [3.05, 3.63) is 47.7 Å². The standard InChI is InChI=1S/C14H16N2O3/c1-9(11-6-4-5-7-13(11)18-3)15-14(17)12-8-19-10(2)16-12/h4-9H,1-3H3,(H,15,17). The largest absolute Gasteiger partial charge is 0.496 e. The average Bonchev–Trinajstić information content (AvgIpc) is 2.85. The van der Waals surface area contributed by atoms with Crippen molar-refractivity contribution in [2.24, 2.45) is 0 Å². The lowest BCUT2D eigenvalue weighted by molar-refractivity contribution is 0.0934. The van der Waals surface area contributed by atoms with Crippen molar-refractivity contribution in [1.82, 2.24) is 10.3 Å². The number of aryl methyl sites for hydroxylation is 1. The highest BCUT2D eigenvalue weighted by molar-refractivity contribution is 5.92. The molecule has 0 radical (unpaired) electrons. The van der Waals surface area contributed by atoms with Gasteiger partial charge in [-0.15, -0.1) is 0 Å². The van der Waals surface area contributed by atoms with E-state index in [1.165, 1.54) is 6.26 Å². The van der Waals surface area contributed by atoms with Gasteiger partial charge in [-0.05, 0) is 13.0 Å². The van der Waals surface area contributed by atoms with Gasteiger partial charge in [0.05, 0.1) is 13.2 Å². The van der Waals surface area contributed by atoms with Crippen molar-refractivity contribution in [2.45, 2.75) is 19.9 Å². The Bertz CT molecular complexity index is 578. The van der Waals surface area contributed by atoms with Crippen LogP contribution in [0.4, 0.5) is 0 Å². The second kappa shape index (κ2) is 5.56. The predicted octanol–water partition coefficient (Wildman–Crippen LogP) is 2.48. The number of rotatable bonds is 4. The zero-order valence-corrected chi connectivity index (χ0v) is 11.1. The molecular weight excluding hydrogens is 244 g/mol. The van der Waals surface area contributed by atoms with Crippen molar-refractivity contribution in [3.63, 3.8) is 0 Å². The lowest BCUT2D eigenvalue weighted by Gasteiger charge is -2.16. The number of para-hydroxylation sites is 1. The molecule has 100 valence electrons. The number of aromatic nitrogens is 1. The Balaban J connectivity index is 2.12. The Hall–Kier alpha value is -2.30. The molecule has 19 heavy (non-hydrogen) atoms. The molecule has 0 aliphatic heterocycles. The zero-order valence-electron chi connectivity index (χ0n) is 11.1. The minimum absolute atomic E-state index is 0.180. The first-order chi connectivity index (χ1) is 9.11. The quantitative estimate of drug-likeness (QED) is 0.917. The van der Waals surface area contributed by atoms with E-state index in [4.69, 9.17) is 9.15 Å². The van der Waals surface area contributed by atoms with Gasteiger partial charge in [0.25, 0.3) is 5.91 Å². The number of nitrogens with one attached hydrogen (secondary N) is 1. The lowest BCUT2D eigenvalue weighted by atomic mass is 10.1. The molecule has 1 amide bonds. The van der Waals surface area contributed by atoms with E-state index in [1.807, 2.05) is 31.2 Å². The summed E-state index contributed by atoms with van der Waals surface area (Å²) in [6.07, 6.45) is 1.35. The molecule has 2 aromatic rings. The Labute approximate surface area is 111 Å². The Morgan fingerprint density at radius 2 is 2.16 bits per heavy atom. The van der Waals surface area contributed by atoms with Gasteiger partial charge in [0.1, 0.15) is 12.0 Å². The van der Waals surface area contributed by atoms with Crippen LogP contribution in [0.25, 0.3) is 0 Å². The monoisotopic (exact) mass is 260 g/mol. The third-order valence-corrected chi connectivity index (χ3v) is 2.80. The molecule has 1 N–H and O–H groups in total. The number of nitrogens with zero attached hydrogens (tertiary/aromatic N) is 1. The number of carbonyl (C=O) groups is 1. The van der Waals surface area contributed by atoms with E-state index < -0.39 is 0 Å².